The van der Waals surface area contributed by atoms with E-state index in [0.29, 0.717) is 22.9 Å². The summed E-state index contributed by atoms with van der Waals surface area (Å²) in [7, 11) is 0. The molecule has 0 aliphatic rings. The molecule has 0 bridgehead atoms. The van der Waals surface area contributed by atoms with Gasteiger partial charge < -0.3 is 15.0 Å². The highest BCUT2D eigenvalue weighted by atomic mass is 35.5. The zero-order valence-corrected chi connectivity index (χ0v) is 19.8. The third-order valence-corrected chi connectivity index (χ3v) is 5.72. The van der Waals surface area contributed by atoms with Gasteiger partial charge in [0.25, 0.3) is 0 Å². The van der Waals surface area contributed by atoms with Crippen LogP contribution >= 0.6 is 11.6 Å². The van der Waals surface area contributed by atoms with Crippen molar-refractivity contribution in [3.05, 3.63) is 83.4 Å². The van der Waals surface area contributed by atoms with E-state index >= 15 is 0 Å². The van der Waals surface area contributed by atoms with Gasteiger partial charge in [0.15, 0.2) is 5.78 Å². The van der Waals surface area contributed by atoms with Crippen LogP contribution in [0.4, 0.5) is 5.69 Å². The summed E-state index contributed by atoms with van der Waals surface area (Å²) in [6.07, 6.45) is -0.285. The Kier molecular flexibility index (Phi) is 9.04. The van der Waals surface area contributed by atoms with Crippen LogP contribution in [0.25, 0.3) is 11.1 Å². The second-order valence-corrected chi connectivity index (χ2v) is 8.02. The van der Waals surface area contributed by atoms with Gasteiger partial charge in [-0.15, -0.1) is 0 Å². The maximum atomic E-state index is 12.6. The predicted molar refractivity (Wildman–Crippen MR) is 134 cm³/mol. The molecule has 1 N–H and O–H groups in total. The summed E-state index contributed by atoms with van der Waals surface area (Å²) < 4.78 is 5.75. The first-order valence-corrected chi connectivity index (χ1v) is 11.5. The lowest BCUT2D eigenvalue weighted by molar-refractivity contribution is -0.115. The van der Waals surface area contributed by atoms with Crippen LogP contribution in [0.1, 0.15) is 30.6 Å². The van der Waals surface area contributed by atoms with Crippen LogP contribution < -0.4 is 10.1 Å². The second-order valence-electron chi connectivity index (χ2n) is 7.61. The van der Waals surface area contributed by atoms with Crippen molar-refractivity contribution in [3.63, 3.8) is 0 Å². The zero-order valence-electron chi connectivity index (χ0n) is 19.0. The minimum atomic E-state index is -0.390. The quantitative estimate of drug-likeness (QED) is 0.282. The zero-order chi connectivity index (χ0) is 23.6. The summed E-state index contributed by atoms with van der Waals surface area (Å²) in [5.74, 6) is 0.0217. The van der Waals surface area contributed by atoms with Gasteiger partial charge in [0.05, 0.1) is 11.4 Å². The van der Waals surface area contributed by atoms with Gasteiger partial charge in [0.1, 0.15) is 12.4 Å². The molecular weight excluding hydrogens is 436 g/mol. The number of amides is 1. The molecule has 0 radical (unpaired) electrons. The van der Waals surface area contributed by atoms with E-state index in [9.17, 15) is 9.59 Å². The van der Waals surface area contributed by atoms with E-state index in [2.05, 4.69) is 24.1 Å². The Bertz CT molecular complexity index is 1060. The van der Waals surface area contributed by atoms with Crippen LogP contribution in [0, 0.1) is 0 Å². The van der Waals surface area contributed by atoms with Crippen molar-refractivity contribution in [2.45, 2.75) is 20.3 Å². The summed E-state index contributed by atoms with van der Waals surface area (Å²) in [6.45, 7) is 7.70. The van der Waals surface area contributed by atoms with Crippen molar-refractivity contribution >= 4 is 29.0 Å². The molecule has 0 spiro atoms. The van der Waals surface area contributed by atoms with Crippen molar-refractivity contribution in [1.82, 2.24) is 4.90 Å². The summed E-state index contributed by atoms with van der Waals surface area (Å²) in [4.78, 5) is 27.3. The Morgan fingerprint density at radius 3 is 2.24 bits per heavy atom. The Hall–Kier alpha value is -3.15. The molecule has 0 heterocycles. The summed E-state index contributed by atoms with van der Waals surface area (Å²) in [5.41, 5.74) is 2.87. The fourth-order valence-corrected chi connectivity index (χ4v) is 3.75. The second kappa shape index (κ2) is 12.2. The lowest BCUT2D eigenvalue weighted by Crippen LogP contribution is -2.27. The van der Waals surface area contributed by atoms with Crippen molar-refractivity contribution in [1.29, 1.82) is 0 Å². The molecule has 3 aromatic carbocycles. The van der Waals surface area contributed by atoms with Crippen LogP contribution in [0.15, 0.2) is 72.8 Å². The monoisotopic (exact) mass is 464 g/mol. The first-order valence-electron chi connectivity index (χ1n) is 11.1. The van der Waals surface area contributed by atoms with E-state index in [1.807, 2.05) is 36.4 Å². The molecule has 0 aromatic heterocycles. The highest BCUT2D eigenvalue weighted by Crippen LogP contribution is 2.26. The van der Waals surface area contributed by atoms with E-state index in [0.717, 1.165) is 36.5 Å². The molecule has 33 heavy (non-hydrogen) atoms. The van der Waals surface area contributed by atoms with E-state index in [1.54, 1.807) is 36.4 Å². The SMILES string of the molecule is CCN(CC)CCOc1ccc(NC(=O)CC(=O)c2ccc(-c3ccccc3)cc2Cl)cc1. The molecule has 3 aromatic rings. The van der Waals surface area contributed by atoms with Gasteiger partial charge in [0.2, 0.25) is 5.91 Å². The maximum absolute atomic E-state index is 12.6. The van der Waals surface area contributed by atoms with Crippen LogP contribution in [-0.2, 0) is 4.79 Å². The molecule has 0 atom stereocenters. The number of halogens is 1. The molecule has 5 nitrogen and oxygen atoms in total. The van der Waals surface area contributed by atoms with Crippen molar-refractivity contribution in [2.24, 2.45) is 0 Å². The molecule has 3 rings (SSSR count). The third-order valence-electron chi connectivity index (χ3n) is 5.41. The minimum absolute atomic E-state index is 0.285. The highest BCUT2D eigenvalue weighted by molar-refractivity contribution is 6.34. The number of hydrogen-bond acceptors (Lipinski definition) is 4. The summed E-state index contributed by atoms with van der Waals surface area (Å²) in [6, 6.07) is 22.2. The topological polar surface area (TPSA) is 58.6 Å². The number of nitrogens with one attached hydrogen (secondary N) is 1. The number of hydrogen-bond donors (Lipinski definition) is 1. The van der Waals surface area contributed by atoms with Gasteiger partial charge in [-0.3, -0.25) is 9.59 Å². The van der Waals surface area contributed by atoms with E-state index in [4.69, 9.17) is 16.3 Å². The summed E-state index contributed by atoms with van der Waals surface area (Å²) >= 11 is 6.35. The minimum Gasteiger partial charge on any atom is -0.492 e. The molecule has 0 saturated heterocycles. The molecule has 0 aliphatic carbocycles. The van der Waals surface area contributed by atoms with Crippen LogP contribution in [0.5, 0.6) is 5.75 Å². The van der Waals surface area contributed by atoms with E-state index in [-0.39, 0.29) is 12.2 Å². The fraction of sp³-hybridized carbons (Fsp3) is 0.259. The first-order chi connectivity index (χ1) is 16.0. The lowest BCUT2D eigenvalue weighted by atomic mass is 10.0. The Morgan fingerprint density at radius 2 is 1.61 bits per heavy atom. The number of nitrogens with zero attached hydrogens (tertiary/aromatic N) is 1. The lowest BCUT2D eigenvalue weighted by Gasteiger charge is -2.18. The van der Waals surface area contributed by atoms with Crippen molar-refractivity contribution in [3.8, 4) is 16.9 Å². The average Bonchev–Trinajstić information content (AvgIpc) is 2.83. The number of likely N-dealkylation sites (N-methyl/N-ethyl adjacent to an activating group) is 1. The van der Waals surface area contributed by atoms with Gasteiger partial charge >= 0.3 is 0 Å². The Balaban J connectivity index is 1.52. The molecule has 1 amide bonds. The molecule has 0 aliphatic heterocycles. The number of ketones is 1. The molecule has 0 unspecified atom stereocenters. The van der Waals surface area contributed by atoms with E-state index < -0.39 is 5.91 Å². The van der Waals surface area contributed by atoms with Gasteiger partial charge in [-0.25, -0.2) is 0 Å². The van der Waals surface area contributed by atoms with Crippen LogP contribution in [-0.4, -0.2) is 42.8 Å². The van der Waals surface area contributed by atoms with E-state index in [1.165, 1.54) is 0 Å². The molecular formula is C27H29ClN2O3. The fourth-order valence-electron chi connectivity index (χ4n) is 3.46. The molecule has 172 valence electrons. The number of carbonyl (C=O) groups is 2. The van der Waals surface area contributed by atoms with Crippen LogP contribution in [0.3, 0.4) is 0 Å². The largest absolute Gasteiger partial charge is 0.492 e. The number of ether oxygens (including phenoxy) is 1. The van der Waals surface area contributed by atoms with Gasteiger partial charge in [0, 0.05) is 17.8 Å². The van der Waals surface area contributed by atoms with Gasteiger partial charge in [-0.2, -0.15) is 0 Å². The number of rotatable bonds is 11. The predicted octanol–water partition coefficient (Wildman–Crippen LogP) is 5.94. The first kappa shape index (κ1) is 24.5. The smallest absolute Gasteiger partial charge is 0.232 e. The summed E-state index contributed by atoms with van der Waals surface area (Å²) in [5, 5.41) is 3.09. The standard InChI is InChI=1S/C27H29ClN2O3/c1-3-30(4-2)16-17-33-23-13-11-22(12-14-23)29-27(32)19-26(31)24-15-10-21(18-25(24)28)20-8-6-5-7-9-20/h5-15,18H,3-4,16-17,19H2,1-2H3,(H,29,32). The van der Waals surface area contributed by atoms with Gasteiger partial charge in [-0.05, 0) is 60.6 Å². The number of anilines is 1. The number of Topliss-reactive ketones (excluding diaryl/α,β-unsaturated/α-hetero) is 1. The van der Waals surface area contributed by atoms with Crippen molar-refractivity contribution < 1.29 is 14.3 Å². The number of benzene rings is 3. The van der Waals surface area contributed by atoms with Gasteiger partial charge in [-0.1, -0.05) is 61.8 Å². The molecule has 6 heteroatoms. The Labute approximate surface area is 200 Å². The molecule has 0 saturated carbocycles. The molecule has 0 fully saturated rings. The third kappa shape index (κ3) is 7.17. The Morgan fingerprint density at radius 1 is 0.909 bits per heavy atom. The normalized spacial score (nSPS) is 10.8. The van der Waals surface area contributed by atoms with Crippen LogP contribution in [0.2, 0.25) is 5.02 Å². The number of carbonyl (C=O) groups excluding carboxylic acids is 2. The highest BCUT2D eigenvalue weighted by Gasteiger charge is 2.16. The average molecular weight is 465 g/mol. The van der Waals surface area contributed by atoms with Crippen molar-refractivity contribution in [2.75, 3.05) is 31.6 Å². The maximum Gasteiger partial charge on any atom is 0.232 e.